The van der Waals surface area contributed by atoms with Crippen LogP contribution in [-0.4, -0.2) is 34.6 Å². The van der Waals surface area contributed by atoms with E-state index >= 15 is 0 Å². The third-order valence-corrected chi connectivity index (χ3v) is 3.18. The molecule has 0 aliphatic rings. The molecular weight excluding hydrogens is 214 g/mol. The number of hydrogen-bond acceptors (Lipinski definition) is 3. The van der Waals surface area contributed by atoms with Crippen LogP contribution >= 0.6 is 0 Å². The largest absolute Gasteiger partial charge is 0.392 e. The van der Waals surface area contributed by atoms with Gasteiger partial charge in [-0.25, -0.2) is 0 Å². The Morgan fingerprint density at radius 1 is 0.882 bits per heavy atom. The maximum atomic E-state index is 9.62. The zero-order chi connectivity index (χ0) is 12.9. The van der Waals surface area contributed by atoms with Crippen molar-refractivity contribution in [1.82, 2.24) is 5.06 Å². The van der Waals surface area contributed by atoms with Gasteiger partial charge in [-0.3, -0.25) is 0 Å². The lowest BCUT2D eigenvalue weighted by atomic mass is 10.1. The lowest BCUT2D eigenvalue weighted by Gasteiger charge is -2.16. The molecule has 104 valence electrons. The standard InChI is InChI=1S/C14H31NO2/c1-3-5-6-7-8-9-10-11-12-14(16)13-15(17)4-2/h14,16-17H,3-13H2,1-2H3. The molecule has 3 heteroatoms. The minimum atomic E-state index is -0.375. The Bertz CT molecular complexity index is 153. The minimum absolute atomic E-state index is 0.375. The van der Waals surface area contributed by atoms with E-state index in [1.165, 1.54) is 50.0 Å². The van der Waals surface area contributed by atoms with E-state index in [2.05, 4.69) is 6.92 Å². The summed E-state index contributed by atoms with van der Waals surface area (Å²) in [7, 11) is 0. The zero-order valence-corrected chi connectivity index (χ0v) is 11.7. The fourth-order valence-electron chi connectivity index (χ4n) is 1.98. The summed E-state index contributed by atoms with van der Waals surface area (Å²) < 4.78 is 0. The quantitative estimate of drug-likeness (QED) is 0.408. The molecule has 0 fully saturated rings. The molecule has 17 heavy (non-hydrogen) atoms. The number of likely N-dealkylation sites (N-methyl/N-ethyl adjacent to an activating group) is 1. The summed E-state index contributed by atoms with van der Waals surface area (Å²) in [5, 5.41) is 20.0. The molecule has 0 radical (unpaired) electrons. The summed E-state index contributed by atoms with van der Waals surface area (Å²) in [5.41, 5.74) is 0. The molecule has 0 aliphatic carbocycles. The second-order valence-electron chi connectivity index (χ2n) is 4.92. The van der Waals surface area contributed by atoms with Crippen molar-refractivity contribution in [2.45, 2.75) is 77.7 Å². The van der Waals surface area contributed by atoms with E-state index in [4.69, 9.17) is 0 Å². The molecule has 2 N–H and O–H groups in total. The number of unbranched alkanes of at least 4 members (excludes halogenated alkanes) is 7. The average Bonchev–Trinajstić information content (AvgIpc) is 2.32. The van der Waals surface area contributed by atoms with Crippen LogP contribution in [-0.2, 0) is 0 Å². The number of rotatable bonds is 12. The Labute approximate surface area is 107 Å². The molecule has 0 aromatic carbocycles. The normalized spacial score (nSPS) is 13.2. The molecule has 0 saturated heterocycles. The van der Waals surface area contributed by atoms with Gasteiger partial charge in [0.1, 0.15) is 0 Å². The van der Waals surface area contributed by atoms with Gasteiger partial charge < -0.3 is 10.3 Å². The zero-order valence-electron chi connectivity index (χ0n) is 11.7. The first-order valence-corrected chi connectivity index (χ1v) is 7.32. The maximum Gasteiger partial charge on any atom is 0.0690 e. The van der Waals surface area contributed by atoms with Crippen LogP contribution in [0.15, 0.2) is 0 Å². The molecule has 0 amide bonds. The Morgan fingerprint density at radius 3 is 1.94 bits per heavy atom. The first-order valence-electron chi connectivity index (χ1n) is 7.32. The average molecular weight is 245 g/mol. The summed E-state index contributed by atoms with van der Waals surface area (Å²) in [6.07, 6.45) is 10.7. The Kier molecular flexibility index (Phi) is 12.3. The molecule has 0 saturated carbocycles. The van der Waals surface area contributed by atoms with Crippen molar-refractivity contribution in [1.29, 1.82) is 0 Å². The topological polar surface area (TPSA) is 43.7 Å². The van der Waals surface area contributed by atoms with Gasteiger partial charge in [-0.05, 0) is 6.42 Å². The summed E-state index contributed by atoms with van der Waals surface area (Å²) in [6, 6.07) is 0. The van der Waals surface area contributed by atoms with Gasteiger partial charge in [0.2, 0.25) is 0 Å². The molecule has 1 unspecified atom stereocenters. The highest BCUT2D eigenvalue weighted by molar-refractivity contribution is 4.58. The fraction of sp³-hybridized carbons (Fsp3) is 1.00. The van der Waals surface area contributed by atoms with E-state index in [-0.39, 0.29) is 6.10 Å². The van der Waals surface area contributed by atoms with Crippen molar-refractivity contribution in [3.63, 3.8) is 0 Å². The summed E-state index contributed by atoms with van der Waals surface area (Å²) in [6.45, 7) is 5.08. The van der Waals surface area contributed by atoms with Gasteiger partial charge in [0.15, 0.2) is 0 Å². The second kappa shape index (κ2) is 12.3. The molecule has 0 heterocycles. The van der Waals surface area contributed by atoms with Crippen LogP contribution in [0.3, 0.4) is 0 Å². The van der Waals surface area contributed by atoms with Gasteiger partial charge in [0.05, 0.1) is 6.10 Å². The number of aliphatic hydroxyl groups excluding tert-OH is 1. The SMILES string of the molecule is CCCCCCCCCCC(O)CN(O)CC. The van der Waals surface area contributed by atoms with Crippen LogP contribution in [0.4, 0.5) is 0 Å². The molecule has 0 bridgehead atoms. The molecule has 0 aliphatic heterocycles. The number of nitrogens with zero attached hydrogens (tertiary/aromatic N) is 1. The Morgan fingerprint density at radius 2 is 1.41 bits per heavy atom. The molecular formula is C14H31NO2. The van der Waals surface area contributed by atoms with Gasteiger partial charge in [0, 0.05) is 13.1 Å². The molecule has 0 rings (SSSR count). The van der Waals surface area contributed by atoms with Crippen molar-refractivity contribution in [2.24, 2.45) is 0 Å². The van der Waals surface area contributed by atoms with E-state index in [1.807, 2.05) is 6.92 Å². The van der Waals surface area contributed by atoms with Gasteiger partial charge in [-0.1, -0.05) is 65.2 Å². The van der Waals surface area contributed by atoms with Crippen molar-refractivity contribution in [3.8, 4) is 0 Å². The first kappa shape index (κ1) is 16.9. The van der Waals surface area contributed by atoms with Crippen LogP contribution in [0.1, 0.15) is 71.6 Å². The Hall–Kier alpha value is -0.120. The van der Waals surface area contributed by atoms with E-state index in [0.29, 0.717) is 13.1 Å². The minimum Gasteiger partial charge on any atom is -0.392 e. The van der Waals surface area contributed by atoms with E-state index < -0.39 is 0 Å². The molecule has 1 atom stereocenters. The smallest absolute Gasteiger partial charge is 0.0690 e. The maximum absolute atomic E-state index is 9.62. The number of aliphatic hydroxyl groups is 1. The van der Waals surface area contributed by atoms with Crippen LogP contribution in [0.2, 0.25) is 0 Å². The highest BCUT2D eigenvalue weighted by Gasteiger charge is 2.07. The summed E-state index contributed by atoms with van der Waals surface area (Å²) in [4.78, 5) is 0. The predicted molar refractivity (Wildman–Crippen MR) is 72.3 cm³/mol. The van der Waals surface area contributed by atoms with Gasteiger partial charge in [-0.2, -0.15) is 5.06 Å². The first-order chi connectivity index (χ1) is 8.20. The van der Waals surface area contributed by atoms with Crippen LogP contribution in [0.25, 0.3) is 0 Å². The van der Waals surface area contributed by atoms with E-state index in [0.717, 1.165) is 12.8 Å². The van der Waals surface area contributed by atoms with Crippen molar-refractivity contribution < 1.29 is 10.3 Å². The highest BCUT2D eigenvalue weighted by Crippen LogP contribution is 2.10. The van der Waals surface area contributed by atoms with Gasteiger partial charge in [-0.15, -0.1) is 0 Å². The van der Waals surface area contributed by atoms with Gasteiger partial charge >= 0.3 is 0 Å². The highest BCUT2D eigenvalue weighted by atomic mass is 16.5. The fourth-order valence-corrected chi connectivity index (χ4v) is 1.98. The van der Waals surface area contributed by atoms with E-state index in [1.54, 1.807) is 0 Å². The third-order valence-electron chi connectivity index (χ3n) is 3.18. The van der Waals surface area contributed by atoms with Crippen molar-refractivity contribution in [3.05, 3.63) is 0 Å². The number of hydroxylamine groups is 2. The van der Waals surface area contributed by atoms with Crippen LogP contribution in [0, 0.1) is 0 Å². The van der Waals surface area contributed by atoms with Crippen LogP contribution < -0.4 is 0 Å². The van der Waals surface area contributed by atoms with Crippen molar-refractivity contribution >= 4 is 0 Å². The van der Waals surface area contributed by atoms with Gasteiger partial charge in [0.25, 0.3) is 0 Å². The van der Waals surface area contributed by atoms with Crippen LogP contribution in [0.5, 0.6) is 0 Å². The lowest BCUT2D eigenvalue weighted by Crippen LogP contribution is -2.29. The Balaban J connectivity index is 3.16. The molecule has 0 aromatic rings. The second-order valence-corrected chi connectivity index (χ2v) is 4.92. The predicted octanol–water partition coefficient (Wildman–Crippen LogP) is 3.59. The monoisotopic (exact) mass is 245 g/mol. The number of hydrogen-bond donors (Lipinski definition) is 2. The van der Waals surface area contributed by atoms with E-state index in [9.17, 15) is 10.3 Å². The van der Waals surface area contributed by atoms with Crippen molar-refractivity contribution in [2.75, 3.05) is 13.1 Å². The third kappa shape index (κ3) is 12.1. The molecule has 0 aromatic heterocycles. The molecule has 0 spiro atoms. The molecule has 3 nitrogen and oxygen atoms in total. The summed E-state index contributed by atoms with van der Waals surface area (Å²) in [5.74, 6) is 0. The lowest BCUT2D eigenvalue weighted by molar-refractivity contribution is -0.110. The summed E-state index contributed by atoms with van der Waals surface area (Å²) >= 11 is 0.